The Kier molecular flexibility index (Phi) is 5.34. The second-order valence-corrected chi connectivity index (χ2v) is 8.35. The largest absolute Gasteiger partial charge is 0.352 e. The fraction of sp³-hybridized carbons (Fsp3) is 0.619. The van der Waals surface area contributed by atoms with Gasteiger partial charge in [0.1, 0.15) is 6.04 Å². The molecule has 1 unspecified atom stereocenters. The zero-order chi connectivity index (χ0) is 18.8. The zero-order valence-electron chi connectivity index (χ0n) is 15.8. The number of fused-ring (bicyclic) bond motifs is 2. The summed E-state index contributed by atoms with van der Waals surface area (Å²) in [7, 11) is 0. The summed E-state index contributed by atoms with van der Waals surface area (Å²) in [6, 6.07) is 9.24. The first-order valence-electron chi connectivity index (χ1n) is 10.2. The highest BCUT2D eigenvalue weighted by atomic mass is 16.2. The number of carbonyl (C=O) groups excluding carboxylic acids is 2. The third kappa shape index (κ3) is 4.10. The molecule has 1 aromatic carbocycles. The van der Waals surface area contributed by atoms with Gasteiger partial charge in [0.25, 0.3) is 0 Å². The molecule has 3 N–H and O–H groups in total. The van der Waals surface area contributed by atoms with E-state index in [-0.39, 0.29) is 5.91 Å². The Labute approximate surface area is 161 Å². The molecule has 2 bridgehead atoms. The van der Waals surface area contributed by atoms with E-state index in [0.29, 0.717) is 6.42 Å². The quantitative estimate of drug-likeness (QED) is 0.826. The summed E-state index contributed by atoms with van der Waals surface area (Å²) < 4.78 is 0. The van der Waals surface area contributed by atoms with Gasteiger partial charge in [0, 0.05) is 38.6 Å². The van der Waals surface area contributed by atoms with Gasteiger partial charge >= 0.3 is 6.03 Å². The lowest BCUT2D eigenvalue weighted by molar-refractivity contribution is -0.135. The number of rotatable bonds is 5. The topological polar surface area (TPSA) is 78.7 Å². The van der Waals surface area contributed by atoms with Crippen LogP contribution in [0.5, 0.6) is 0 Å². The molecule has 6 nitrogen and oxygen atoms in total. The Hall–Kier alpha value is -2.08. The highest BCUT2D eigenvalue weighted by Crippen LogP contribution is 2.46. The lowest BCUT2D eigenvalue weighted by atomic mass is 9.93. The number of urea groups is 1. The van der Waals surface area contributed by atoms with E-state index in [4.69, 9.17) is 5.73 Å². The van der Waals surface area contributed by atoms with Crippen molar-refractivity contribution in [3.8, 4) is 0 Å². The standard InChI is InChI=1S/C21H30N4O2/c22-21(27)23-18(13-15-4-2-1-3-5-15)20(26)25-10-8-24(9-11-25)19-14-16-6-7-17(19)12-16/h1-5,16-19H,6-14H2,(H3,22,23,27)/t16-,17+,18?,19-/m1/s1. The van der Waals surface area contributed by atoms with Crippen LogP contribution in [0.4, 0.5) is 4.79 Å². The monoisotopic (exact) mass is 370 g/mol. The number of benzene rings is 1. The molecule has 0 spiro atoms. The van der Waals surface area contributed by atoms with E-state index in [1.54, 1.807) is 0 Å². The highest BCUT2D eigenvalue weighted by molar-refractivity contribution is 5.87. The summed E-state index contributed by atoms with van der Waals surface area (Å²) in [5, 5.41) is 2.65. The molecule has 1 aliphatic heterocycles. The zero-order valence-corrected chi connectivity index (χ0v) is 15.8. The van der Waals surface area contributed by atoms with Gasteiger partial charge in [-0.1, -0.05) is 36.8 Å². The Morgan fingerprint density at radius 1 is 1.07 bits per heavy atom. The highest BCUT2D eigenvalue weighted by Gasteiger charge is 2.43. The second-order valence-electron chi connectivity index (χ2n) is 8.35. The maximum atomic E-state index is 13.0. The van der Waals surface area contributed by atoms with Gasteiger partial charge in [-0.3, -0.25) is 9.69 Å². The third-order valence-corrected chi connectivity index (χ3v) is 6.69. The average molecular weight is 370 g/mol. The van der Waals surface area contributed by atoms with Crippen LogP contribution in [-0.4, -0.2) is 60.0 Å². The van der Waals surface area contributed by atoms with E-state index in [1.165, 1.54) is 25.7 Å². The molecule has 1 heterocycles. The van der Waals surface area contributed by atoms with Gasteiger partial charge in [0.15, 0.2) is 0 Å². The molecule has 0 aromatic heterocycles. The molecule has 4 atom stereocenters. The first-order valence-corrected chi connectivity index (χ1v) is 10.2. The number of piperazine rings is 1. The number of hydrogen-bond acceptors (Lipinski definition) is 3. The van der Waals surface area contributed by atoms with Crippen molar-refractivity contribution in [2.75, 3.05) is 26.2 Å². The molecule has 2 saturated carbocycles. The first kappa shape index (κ1) is 18.3. The fourth-order valence-corrected chi connectivity index (χ4v) is 5.37. The van der Waals surface area contributed by atoms with E-state index in [9.17, 15) is 9.59 Å². The Balaban J connectivity index is 1.35. The van der Waals surface area contributed by atoms with Crippen molar-refractivity contribution in [1.82, 2.24) is 15.1 Å². The van der Waals surface area contributed by atoms with Gasteiger partial charge in [-0.05, 0) is 36.7 Å². The minimum Gasteiger partial charge on any atom is -0.352 e. The summed E-state index contributed by atoms with van der Waals surface area (Å²) in [5.74, 6) is 1.79. The molecule has 4 rings (SSSR count). The number of nitrogens with two attached hydrogens (primary N) is 1. The minimum absolute atomic E-state index is 0.0229. The second kappa shape index (κ2) is 7.89. The molecule has 6 heteroatoms. The van der Waals surface area contributed by atoms with Crippen LogP contribution in [0.3, 0.4) is 0 Å². The number of hydrogen-bond donors (Lipinski definition) is 2. The molecule has 1 aromatic rings. The van der Waals surface area contributed by atoms with Gasteiger partial charge in [-0.2, -0.15) is 0 Å². The summed E-state index contributed by atoms with van der Waals surface area (Å²) in [4.78, 5) is 28.9. The van der Waals surface area contributed by atoms with Crippen LogP contribution < -0.4 is 11.1 Å². The van der Waals surface area contributed by atoms with E-state index in [2.05, 4.69) is 10.2 Å². The van der Waals surface area contributed by atoms with Gasteiger partial charge in [0.2, 0.25) is 5.91 Å². The van der Waals surface area contributed by atoms with Crippen LogP contribution >= 0.6 is 0 Å². The molecule has 0 radical (unpaired) electrons. The lowest BCUT2D eigenvalue weighted by Gasteiger charge is -2.41. The van der Waals surface area contributed by atoms with Gasteiger partial charge in [-0.25, -0.2) is 4.79 Å². The van der Waals surface area contributed by atoms with Crippen LogP contribution in [0.25, 0.3) is 0 Å². The molecule has 27 heavy (non-hydrogen) atoms. The van der Waals surface area contributed by atoms with Crippen molar-refractivity contribution in [1.29, 1.82) is 0 Å². The summed E-state index contributed by atoms with van der Waals surface area (Å²) in [6.45, 7) is 3.35. The molecule has 2 aliphatic carbocycles. The molecular formula is C21H30N4O2. The van der Waals surface area contributed by atoms with Crippen molar-refractivity contribution in [2.45, 2.75) is 44.2 Å². The number of primary amides is 1. The maximum absolute atomic E-state index is 13.0. The summed E-state index contributed by atoms with van der Waals surface area (Å²) in [5.41, 5.74) is 6.34. The Bertz CT molecular complexity index is 672. The number of carbonyl (C=O) groups is 2. The normalized spacial score (nSPS) is 28.9. The molecule has 3 fully saturated rings. The minimum atomic E-state index is -0.648. The molecule has 146 valence electrons. The van der Waals surface area contributed by atoms with Crippen molar-refractivity contribution in [2.24, 2.45) is 17.6 Å². The smallest absolute Gasteiger partial charge is 0.312 e. The predicted octanol–water partition coefficient (Wildman–Crippen LogP) is 1.60. The van der Waals surface area contributed by atoms with Crippen molar-refractivity contribution in [3.05, 3.63) is 35.9 Å². The number of amides is 3. The van der Waals surface area contributed by atoms with Crippen molar-refractivity contribution in [3.63, 3.8) is 0 Å². The van der Waals surface area contributed by atoms with Crippen LogP contribution in [0.15, 0.2) is 30.3 Å². The van der Waals surface area contributed by atoms with E-state index in [1.807, 2.05) is 35.2 Å². The summed E-state index contributed by atoms with van der Waals surface area (Å²) >= 11 is 0. The third-order valence-electron chi connectivity index (χ3n) is 6.69. The Morgan fingerprint density at radius 3 is 2.41 bits per heavy atom. The van der Waals surface area contributed by atoms with Crippen LogP contribution in [-0.2, 0) is 11.2 Å². The molecule has 3 amide bonds. The van der Waals surface area contributed by atoms with Crippen molar-refractivity contribution >= 4 is 11.9 Å². The van der Waals surface area contributed by atoms with Gasteiger partial charge < -0.3 is 16.0 Å². The molecule has 1 saturated heterocycles. The predicted molar refractivity (Wildman–Crippen MR) is 104 cm³/mol. The maximum Gasteiger partial charge on any atom is 0.312 e. The Morgan fingerprint density at radius 2 is 1.81 bits per heavy atom. The van der Waals surface area contributed by atoms with Crippen LogP contribution in [0, 0.1) is 11.8 Å². The van der Waals surface area contributed by atoms with Gasteiger partial charge in [-0.15, -0.1) is 0 Å². The number of nitrogens with zero attached hydrogens (tertiary/aromatic N) is 2. The first-order chi connectivity index (χ1) is 13.1. The van der Waals surface area contributed by atoms with Crippen LogP contribution in [0.2, 0.25) is 0 Å². The SMILES string of the molecule is NC(=O)NC(Cc1ccccc1)C(=O)N1CCN([C@@H]2C[C@@H]3CC[C@H]2C3)CC1. The fourth-order valence-electron chi connectivity index (χ4n) is 5.37. The summed E-state index contributed by atoms with van der Waals surface area (Å²) in [6.07, 6.45) is 6.02. The van der Waals surface area contributed by atoms with Gasteiger partial charge in [0.05, 0.1) is 0 Å². The van der Waals surface area contributed by atoms with Crippen LogP contribution in [0.1, 0.15) is 31.2 Å². The van der Waals surface area contributed by atoms with E-state index >= 15 is 0 Å². The van der Waals surface area contributed by atoms with E-state index in [0.717, 1.165) is 49.6 Å². The number of nitrogens with one attached hydrogen (secondary N) is 1. The van der Waals surface area contributed by atoms with Crippen molar-refractivity contribution < 1.29 is 9.59 Å². The average Bonchev–Trinajstić information content (AvgIpc) is 3.31. The lowest BCUT2D eigenvalue weighted by Crippen LogP contribution is -2.58. The van der Waals surface area contributed by atoms with E-state index < -0.39 is 12.1 Å². The molecular weight excluding hydrogens is 340 g/mol. The molecule has 3 aliphatic rings.